The molecule has 0 aromatic heterocycles. The first-order valence-electron chi connectivity index (χ1n) is 6.49. The summed E-state index contributed by atoms with van der Waals surface area (Å²) in [4.78, 5) is 0.418. The number of nitrogens with one attached hydrogen (secondary N) is 1. The van der Waals surface area contributed by atoms with Crippen LogP contribution >= 0.6 is 28.1 Å². The van der Waals surface area contributed by atoms with Gasteiger partial charge in [0.05, 0.1) is 0 Å². The quantitative estimate of drug-likeness (QED) is 0.650. The number of halogens is 1. The highest BCUT2D eigenvalue weighted by molar-refractivity contribution is 9.10. The van der Waals surface area contributed by atoms with E-state index in [9.17, 15) is 0 Å². The molecule has 0 heterocycles. The molecule has 0 aliphatic rings. The lowest BCUT2D eigenvalue weighted by atomic mass is 10.0. The monoisotopic (exact) mass is 356 g/mol. The first-order chi connectivity index (χ1) is 10.1. The van der Waals surface area contributed by atoms with Crippen LogP contribution in [0.25, 0.3) is 10.8 Å². The molecule has 104 valence electrons. The van der Waals surface area contributed by atoms with Crippen LogP contribution in [0.3, 0.4) is 0 Å². The lowest BCUT2D eigenvalue weighted by molar-refractivity contribution is 1.55. The van der Waals surface area contributed by atoms with Crippen molar-refractivity contribution in [2.24, 2.45) is 5.73 Å². The Kier molecular flexibility index (Phi) is 3.90. The van der Waals surface area contributed by atoms with Gasteiger partial charge in [-0.1, -0.05) is 52.4 Å². The third kappa shape index (κ3) is 2.91. The number of nitrogens with two attached hydrogens (primary N) is 1. The molecule has 0 aliphatic heterocycles. The predicted molar refractivity (Wildman–Crippen MR) is 97.3 cm³/mol. The summed E-state index contributed by atoms with van der Waals surface area (Å²) in [5.41, 5.74) is 8.78. The van der Waals surface area contributed by atoms with Gasteiger partial charge < -0.3 is 11.1 Å². The van der Waals surface area contributed by atoms with Crippen LogP contribution in [-0.2, 0) is 0 Å². The number of rotatable bonds is 3. The van der Waals surface area contributed by atoms with Gasteiger partial charge in [0.1, 0.15) is 4.99 Å². The second-order valence-corrected chi connectivity index (χ2v) is 6.06. The Morgan fingerprint density at radius 1 is 0.905 bits per heavy atom. The number of hydrogen-bond donors (Lipinski definition) is 2. The minimum atomic E-state index is 0.418. The van der Waals surface area contributed by atoms with Crippen molar-refractivity contribution in [1.82, 2.24) is 0 Å². The van der Waals surface area contributed by atoms with E-state index in [-0.39, 0.29) is 0 Å². The molecule has 3 N–H and O–H groups in total. The third-order valence-electron chi connectivity index (χ3n) is 3.31. The van der Waals surface area contributed by atoms with Gasteiger partial charge in [0.15, 0.2) is 0 Å². The minimum absolute atomic E-state index is 0.418. The highest BCUT2D eigenvalue weighted by Crippen LogP contribution is 2.29. The summed E-state index contributed by atoms with van der Waals surface area (Å²) in [6.07, 6.45) is 0. The lowest BCUT2D eigenvalue weighted by Crippen LogP contribution is -2.10. The predicted octanol–water partition coefficient (Wildman–Crippen LogP) is 4.98. The van der Waals surface area contributed by atoms with Crippen LogP contribution < -0.4 is 11.1 Å². The van der Waals surface area contributed by atoms with Gasteiger partial charge in [-0.05, 0) is 41.8 Å². The van der Waals surface area contributed by atoms with Crippen molar-refractivity contribution in [3.8, 4) is 0 Å². The maximum Gasteiger partial charge on any atom is 0.104 e. The van der Waals surface area contributed by atoms with E-state index in [0.717, 1.165) is 32.2 Å². The van der Waals surface area contributed by atoms with E-state index in [0.29, 0.717) is 4.99 Å². The Hall–Kier alpha value is -1.91. The van der Waals surface area contributed by atoms with Crippen molar-refractivity contribution in [3.63, 3.8) is 0 Å². The second kappa shape index (κ2) is 5.84. The molecule has 21 heavy (non-hydrogen) atoms. The van der Waals surface area contributed by atoms with Crippen molar-refractivity contribution in [2.75, 3.05) is 5.32 Å². The summed E-state index contributed by atoms with van der Waals surface area (Å²) in [7, 11) is 0. The molecule has 0 saturated heterocycles. The van der Waals surface area contributed by atoms with Crippen molar-refractivity contribution < 1.29 is 0 Å². The molecule has 0 spiro atoms. The zero-order valence-electron chi connectivity index (χ0n) is 11.1. The molecule has 0 fully saturated rings. The Labute approximate surface area is 137 Å². The summed E-state index contributed by atoms with van der Waals surface area (Å²) in [6, 6.07) is 20.2. The van der Waals surface area contributed by atoms with Gasteiger partial charge in [-0.25, -0.2) is 0 Å². The Bertz CT molecular complexity index is 813. The standard InChI is InChI=1S/C17H13BrN2S/c18-11-5-7-12(8-6-11)20-16-10-9-15(17(19)21)13-3-1-2-4-14(13)16/h1-10,20H,(H2,19,21). The van der Waals surface area contributed by atoms with Crippen LogP contribution in [-0.4, -0.2) is 4.99 Å². The van der Waals surface area contributed by atoms with E-state index in [2.05, 4.69) is 27.3 Å². The molecule has 0 bridgehead atoms. The van der Waals surface area contributed by atoms with Gasteiger partial charge >= 0.3 is 0 Å². The fourth-order valence-corrected chi connectivity index (χ4v) is 2.75. The van der Waals surface area contributed by atoms with Crippen molar-refractivity contribution >= 4 is 55.3 Å². The number of hydrogen-bond acceptors (Lipinski definition) is 2. The minimum Gasteiger partial charge on any atom is -0.389 e. The van der Waals surface area contributed by atoms with Gasteiger partial charge in [0.25, 0.3) is 0 Å². The van der Waals surface area contributed by atoms with Gasteiger partial charge in [0.2, 0.25) is 0 Å². The van der Waals surface area contributed by atoms with E-state index < -0.39 is 0 Å². The Morgan fingerprint density at radius 3 is 2.24 bits per heavy atom. The molecule has 3 aromatic carbocycles. The highest BCUT2D eigenvalue weighted by atomic mass is 79.9. The van der Waals surface area contributed by atoms with Crippen LogP contribution in [0.5, 0.6) is 0 Å². The number of benzene rings is 3. The second-order valence-electron chi connectivity index (χ2n) is 4.70. The zero-order chi connectivity index (χ0) is 14.8. The van der Waals surface area contributed by atoms with E-state index >= 15 is 0 Å². The molecule has 4 heteroatoms. The molecular formula is C17H13BrN2S. The third-order valence-corrected chi connectivity index (χ3v) is 4.06. The van der Waals surface area contributed by atoms with E-state index in [1.165, 1.54) is 0 Å². The SMILES string of the molecule is NC(=S)c1ccc(Nc2ccc(Br)cc2)c2ccccc12. The molecular weight excluding hydrogens is 344 g/mol. The first kappa shape index (κ1) is 14.0. The molecule has 0 unspecified atom stereocenters. The molecule has 3 aromatic rings. The van der Waals surface area contributed by atoms with Crippen LogP contribution in [0.2, 0.25) is 0 Å². The van der Waals surface area contributed by atoms with Crippen LogP contribution in [0.4, 0.5) is 11.4 Å². The molecule has 0 amide bonds. The molecule has 0 aliphatic carbocycles. The Balaban J connectivity index is 2.09. The summed E-state index contributed by atoms with van der Waals surface area (Å²) in [5.74, 6) is 0. The summed E-state index contributed by atoms with van der Waals surface area (Å²) in [6.45, 7) is 0. The topological polar surface area (TPSA) is 38.0 Å². The average Bonchev–Trinajstić information content (AvgIpc) is 2.49. The highest BCUT2D eigenvalue weighted by Gasteiger charge is 2.07. The summed E-state index contributed by atoms with van der Waals surface area (Å²) >= 11 is 8.57. The lowest BCUT2D eigenvalue weighted by Gasteiger charge is -2.12. The van der Waals surface area contributed by atoms with Crippen LogP contribution in [0.1, 0.15) is 5.56 Å². The van der Waals surface area contributed by atoms with Gasteiger partial charge in [-0.2, -0.15) is 0 Å². The number of fused-ring (bicyclic) bond motifs is 1. The largest absolute Gasteiger partial charge is 0.389 e. The summed E-state index contributed by atoms with van der Waals surface area (Å²) < 4.78 is 1.06. The Morgan fingerprint density at radius 2 is 1.57 bits per heavy atom. The van der Waals surface area contributed by atoms with E-state index in [1.54, 1.807) is 0 Å². The maximum atomic E-state index is 5.80. The van der Waals surface area contributed by atoms with E-state index in [4.69, 9.17) is 18.0 Å². The smallest absolute Gasteiger partial charge is 0.104 e. The fraction of sp³-hybridized carbons (Fsp3) is 0. The molecule has 0 atom stereocenters. The van der Waals surface area contributed by atoms with Gasteiger partial charge in [-0.15, -0.1) is 0 Å². The molecule has 0 saturated carbocycles. The van der Waals surface area contributed by atoms with Gasteiger partial charge in [-0.3, -0.25) is 0 Å². The van der Waals surface area contributed by atoms with E-state index in [1.807, 2.05) is 54.6 Å². The normalized spacial score (nSPS) is 10.5. The number of thiocarbonyl (C=S) groups is 1. The van der Waals surface area contributed by atoms with Gasteiger partial charge in [0, 0.05) is 26.8 Å². The summed E-state index contributed by atoms with van der Waals surface area (Å²) in [5, 5.41) is 5.60. The fourth-order valence-electron chi connectivity index (χ4n) is 2.31. The molecule has 3 rings (SSSR count). The maximum absolute atomic E-state index is 5.80. The van der Waals surface area contributed by atoms with Crippen LogP contribution in [0, 0.1) is 0 Å². The molecule has 2 nitrogen and oxygen atoms in total. The first-order valence-corrected chi connectivity index (χ1v) is 7.69. The molecule has 0 radical (unpaired) electrons. The number of anilines is 2. The van der Waals surface area contributed by atoms with Crippen molar-refractivity contribution in [2.45, 2.75) is 0 Å². The van der Waals surface area contributed by atoms with Crippen LogP contribution in [0.15, 0.2) is 65.1 Å². The van der Waals surface area contributed by atoms with Crippen molar-refractivity contribution in [1.29, 1.82) is 0 Å². The average molecular weight is 357 g/mol. The van der Waals surface area contributed by atoms with Crippen molar-refractivity contribution in [3.05, 3.63) is 70.7 Å². The zero-order valence-corrected chi connectivity index (χ0v) is 13.5.